The summed E-state index contributed by atoms with van der Waals surface area (Å²) in [6.07, 6.45) is 3.90. The predicted octanol–water partition coefficient (Wildman–Crippen LogP) is 1.98. The fourth-order valence-corrected chi connectivity index (χ4v) is 2.31. The fraction of sp³-hybridized carbons (Fsp3) is 0.375. The van der Waals surface area contributed by atoms with E-state index in [1.807, 2.05) is 0 Å². The van der Waals surface area contributed by atoms with Crippen molar-refractivity contribution in [3.05, 3.63) is 41.7 Å². The third-order valence-electron chi connectivity index (χ3n) is 3.62. The Hall–Kier alpha value is -2.21. The highest BCUT2D eigenvalue weighted by Crippen LogP contribution is 2.21. The van der Waals surface area contributed by atoms with Gasteiger partial charge in [0.2, 0.25) is 5.91 Å². The van der Waals surface area contributed by atoms with Crippen LogP contribution in [0.2, 0.25) is 0 Å². The van der Waals surface area contributed by atoms with E-state index < -0.39 is 11.5 Å². The van der Waals surface area contributed by atoms with E-state index in [4.69, 9.17) is 4.74 Å². The van der Waals surface area contributed by atoms with Crippen molar-refractivity contribution in [3.8, 4) is 0 Å². The zero-order chi connectivity index (χ0) is 16.0. The summed E-state index contributed by atoms with van der Waals surface area (Å²) in [5.41, 5.74) is -0.466. The molecule has 0 aliphatic carbocycles. The number of carboxylic acid groups (broad SMARTS) is 1. The van der Waals surface area contributed by atoms with Gasteiger partial charge in [-0.1, -0.05) is 24.3 Å². The van der Waals surface area contributed by atoms with E-state index in [1.54, 1.807) is 24.3 Å². The number of carbonyl (C=O) groups excluding carboxylic acids is 1. The second-order valence-electron chi connectivity index (χ2n) is 5.21. The third kappa shape index (κ3) is 4.14. The van der Waals surface area contributed by atoms with E-state index in [2.05, 4.69) is 5.32 Å². The summed E-state index contributed by atoms with van der Waals surface area (Å²) in [5.74, 6) is -1.72. The van der Waals surface area contributed by atoms with Crippen molar-refractivity contribution in [3.63, 3.8) is 0 Å². The molecule has 2 rings (SSSR count). The molecule has 0 spiro atoms. The van der Waals surface area contributed by atoms with Crippen LogP contribution < -0.4 is 5.32 Å². The van der Waals surface area contributed by atoms with Gasteiger partial charge in [-0.15, -0.1) is 0 Å². The van der Waals surface area contributed by atoms with Gasteiger partial charge in [-0.05, 0) is 17.7 Å². The lowest BCUT2D eigenvalue weighted by Gasteiger charge is -2.33. The molecule has 1 heterocycles. The number of hydrogen-bond acceptors (Lipinski definition) is 3. The molecule has 1 amide bonds. The monoisotopic (exact) mass is 307 g/mol. The van der Waals surface area contributed by atoms with E-state index in [0.29, 0.717) is 13.2 Å². The van der Waals surface area contributed by atoms with Crippen LogP contribution in [-0.2, 0) is 14.3 Å². The van der Waals surface area contributed by atoms with Gasteiger partial charge >= 0.3 is 5.97 Å². The molecule has 0 aromatic heterocycles. The highest BCUT2D eigenvalue weighted by Gasteiger charge is 2.41. The molecule has 22 heavy (non-hydrogen) atoms. The van der Waals surface area contributed by atoms with E-state index >= 15 is 0 Å². The molecule has 6 heteroatoms. The van der Waals surface area contributed by atoms with Gasteiger partial charge in [0.1, 0.15) is 11.4 Å². The first-order chi connectivity index (χ1) is 10.5. The van der Waals surface area contributed by atoms with E-state index in [1.165, 1.54) is 12.1 Å². The van der Waals surface area contributed by atoms with Crippen LogP contribution in [0.25, 0.3) is 6.08 Å². The number of halogens is 1. The van der Waals surface area contributed by atoms with Crippen LogP contribution in [0.3, 0.4) is 0 Å². The van der Waals surface area contributed by atoms with Crippen LogP contribution in [-0.4, -0.2) is 35.7 Å². The average molecular weight is 307 g/mol. The van der Waals surface area contributed by atoms with Crippen molar-refractivity contribution < 1.29 is 23.8 Å². The molecule has 1 saturated heterocycles. The molecule has 1 aliphatic heterocycles. The summed E-state index contributed by atoms with van der Waals surface area (Å²) in [4.78, 5) is 23.4. The van der Waals surface area contributed by atoms with Gasteiger partial charge < -0.3 is 15.2 Å². The predicted molar refractivity (Wildman–Crippen MR) is 78.6 cm³/mol. The Balaban J connectivity index is 1.91. The number of carboxylic acids is 1. The first-order valence-electron chi connectivity index (χ1n) is 7.06. The molecule has 2 N–H and O–H groups in total. The minimum Gasteiger partial charge on any atom is -0.480 e. The smallest absolute Gasteiger partial charge is 0.329 e. The second kappa shape index (κ2) is 7.17. The van der Waals surface area contributed by atoms with Gasteiger partial charge in [0.15, 0.2) is 0 Å². The van der Waals surface area contributed by atoms with Crippen LogP contribution in [0.1, 0.15) is 24.8 Å². The van der Waals surface area contributed by atoms with Gasteiger partial charge in [-0.25, -0.2) is 9.18 Å². The Bertz CT molecular complexity index is 562. The minimum atomic E-state index is -1.24. The number of aliphatic carboxylic acids is 1. The van der Waals surface area contributed by atoms with Crippen LogP contribution in [0.4, 0.5) is 4.39 Å². The second-order valence-corrected chi connectivity index (χ2v) is 5.21. The molecule has 0 unspecified atom stereocenters. The van der Waals surface area contributed by atoms with Crippen LogP contribution in [0, 0.1) is 5.82 Å². The molecule has 5 nitrogen and oxygen atoms in total. The van der Waals surface area contributed by atoms with Gasteiger partial charge in [-0.2, -0.15) is 0 Å². The lowest BCUT2D eigenvalue weighted by atomic mass is 9.90. The molecule has 0 saturated carbocycles. The van der Waals surface area contributed by atoms with Crippen molar-refractivity contribution in [1.29, 1.82) is 0 Å². The Morgan fingerprint density at radius 1 is 1.27 bits per heavy atom. The fourth-order valence-electron chi connectivity index (χ4n) is 2.31. The van der Waals surface area contributed by atoms with Crippen LogP contribution >= 0.6 is 0 Å². The Labute approximate surface area is 127 Å². The highest BCUT2D eigenvalue weighted by molar-refractivity contribution is 5.88. The van der Waals surface area contributed by atoms with Crippen molar-refractivity contribution in [2.24, 2.45) is 0 Å². The highest BCUT2D eigenvalue weighted by atomic mass is 19.1. The number of carbonyl (C=O) groups is 2. The maximum Gasteiger partial charge on any atom is 0.329 e. The van der Waals surface area contributed by atoms with Crippen LogP contribution in [0.15, 0.2) is 30.3 Å². The molecule has 1 fully saturated rings. The molecule has 1 aromatic rings. The molecule has 118 valence electrons. The van der Waals surface area contributed by atoms with Crippen molar-refractivity contribution in [1.82, 2.24) is 5.32 Å². The topological polar surface area (TPSA) is 75.6 Å². The molecule has 1 aromatic carbocycles. The van der Waals surface area contributed by atoms with Crippen LogP contribution in [0.5, 0.6) is 0 Å². The van der Waals surface area contributed by atoms with Gasteiger partial charge in [0, 0.05) is 32.5 Å². The first-order valence-corrected chi connectivity index (χ1v) is 7.06. The summed E-state index contributed by atoms with van der Waals surface area (Å²) < 4.78 is 17.9. The van der Waals surface area contributed by atoms with E-state index in [0.717, 1.165) is 5.56 Å². The minimum absolute atomic E-state index is 0.0628. The standard InChI is InChI=1S/C16H18FNO4/c17-13-6-4-12(5-7-13)2-1-3-14(19)18-16(15(20)21)8-10-22-11-9-16/h1-2,4-7H,3,8-11H2,(H,18,19)(H,20,21)/b2-1+. The molecular weight excluding hydrogens is 289 g/mol. The Morgan fingerprint density at radius 3 is 2.50 bits per heavy atom. The van der Waals surface area contributed by atoms with Crippen molar-refractivity contribution in [2.75, 3.05) is 13.2 Å². The zero-order valence-corrected chi connectivity index (χ0v) is 12.0. The van der Waals surface area contributed by atoms with Crippen molar-refractivity contribution >= 4 is 18.0 Å². The van der Waals surface area contributed by atoms with E-state index in [9.17, 15) is 19.1 Å². The zero-order valence-electron chi connectivity index (χ0n) is 12.0. The number of benzene rings is 1. The normalized spacial score (nSPS) is 17.3. The largest absolute Gasteiger partial charge is 0.480 e. The summed E-state index contributed by atoms with van der Waals surface area (Å²) >= 11 is 0. The van der Waals surface area contributed by atoms with Gasteiger partial charge in [0.05, 0.1) is 0 Å². The molecular formula is C16H18FNO4. The number of ether oxygens (including phenoxy) is 1. The number of rotatable bonds is 5. The number of amides is 1. The summed E-state index contributed by atoms with van der Waals surface area (Å²) in [6.45, 7) is 0.635. The lowest BCUT2D eigenvalue weighted by molar-refractivity contribution is -0.152. The van der Waals surface area contributed by atoms with E-state index in [-0.39, 0.29) is 31.0 Å². The third-order valence-corrected chi connectivity index (χ3v) is 3.62. The number of nitrogens with one attached hydrogen (secondary N) is 1. The molecule has 1 aliphatic rings. The first kappa shape index (κ1) is 16.2. The molecule has 0 bridgehead atoms. The summed E-state index contributed by atoms with van der Waals surface area (Å²) in [7, 11) is 0. The van der Waals surface area contributed by atoms with Gasteiger partial charge in [0.25, 0.3) is 0 Å². The Kier molecular flexibility index (Phi) is 5.27. The lowest BCUT2D eigenvalue weighted by Crippen LogP contribution is -2.57. The van der Waals surface area contributed by atoms with Gasteiger partial charge in [-0.3, -0.25) is 4.79 Å². The summed E-state index contributed by atoms with van der Waals surface area (Å²) in [5, 5.41) is 11.9. The quantitative estimate of drug-likeness (QED) is 0.872. The SMILES string of the molecule is O=C(C/C=C/c1ccc(F)cc1)NC1(C(=O)O)CCOCC1. The molecule has 0 radical (unpaired) electrons. The maximum absolute atomic E-state index is 12.8. The maximum atomic E-state index is 12.8. The summed E-state index contributed by atoms with van der Waals surface area (Å²) in [6, 6.07) is 5.87. The molecule has 0 atom stereocenters. The Morgan fingerprint density at radius 2 is 1.91 bits per heavy atom. The number of hydrogen-bond donors (Lipinski definition) is 2. The van der Waals surface area contributed by atoms with Crippen molar-refractivity contribution in [2.45, 2.75) is 24.8 Å². The average Bonchev–Trinajstić information content (AvgIpc) is 2.50.